The number of likely N-dealkylation sites (tertiary alicyclic amines) is 1. The average molecular weight is 355 g/mol. The monoisotopic (exact) mass is 354 g/mol. The molecular formula is C22H34N4. The second kappa shape index (κ2) is 8.83. The van der Waals surface area contributed by atoms with Crippen molar-refractivity contribution in [3.05, 3.63) is 52.8 Å². The van der Waals surface area contributed by atoms with Gasteiger partial charge in [0, 0.05) is 44.0 Å². The van der Waals surface area contributed by atoms with Crippen molar-refractivity contribution < 1.29 is 0 Å². The molecule has 4 heteroatoms. The van der Waals surface area contributed by atoms with Gasteiger partial charge < -0.3 is 5.32 Å². The molecular weight excluding hydrogens is 320 g/mol. The lowest BCUT2D eigenvalue weighted by atomic mass is 10.0. The van der Waals surface area contributed by atoms with Crippen LogP contribution in [0.25, 0.3) is 0 Å². The Bertz CT molecular complexity index is 687. The molecule has 1 aliphatic rings. The topological polar surface area (TPSA) is 33.1 Å². The minimum Gasteiger partial charge on any atom is -0.309 e. The lowest BCUT2D eigenvalue weighted by Gasteiger charge is -2.33. The van der Waals surface area contributed by atoms with Gasteiger partial charge in [-0.15, -0.1) is 0 Å². The molecule has 142 valence electrons. The summed E-state index contributed by atoms with van der Waals surface area (Å²) >= 11 is 0. The normalized spacial score (nSPS) is 18.6. The van der Waals surface area contributed by atoms with Gasteiger partial charge >= 0.3 is 0 Å². The van der Waals surface area contributed by atoms with Gasteiger partial charge in [0.2, 0.25) is 0 Å². The summed E-state index contributed by atoms with van der Waals surface area (Å²) in [6.45, 7) is 11.0. The lowest BCUT2D eigenvalue weighted by molar-refractivity contribution is 0.182. The smallest absolute Gasteiger partial charge is 0.0537 e. The largest absolute Gasteiger partial charge is 0.309 e. The number of aryl methyl sites for hydroxylation is 1. The molecule has 0 amide bonds. The molecule has 2 aromatic rings. The molecule has 0 radical (unpaired) electrons. The Morgan fingerprint density at radius 1 is 1.19 bits per heavy atom. The second-order valence-corrected chi connectivity index (χ2v) is 8.25. The van der Waals surface area contributed by atoms with Crippen LogP contribution in [-0.2, 0) is 26.6 Å². The Morgan fingerprint density at radius 2 is 1.92 bits per heavy atom. The van der Waals surface area contributed by atoms with E-state index in [1.165, 1.54) is 48.2 Å². The van der Waals surface area contributed by atoms with E-state index in [-0.39, 0.29) is 0 Å². The van der Waals surface area contributed by atoms with E-state index >= 15 is 0 Å². The highest BCUT2D eigenvalue weighted by Crippen LogP contribution is 2.16. The lowest BCUT2D eigenvalue weighted by Crippen LogP contribution is -2.45. The minimum absolute atomic E-state index is 0.573. The molecule has 1 N–H and O–H groups in total. The fraction of sp³-hybridized carbons (Fsp3) is 0.591. The summed E-state index contributed by atoms with van der Waals surface area (Å²) < 4.78 is 1.95. The van der Waals surface area contributed by atoms with Crippen molar-refractivity contribution in [2.45, 2.75) is 59.2 Å². The van der Waals surface area contributed by atoms with E-state index < -0.39 is 0 Å². The van der Waals surface area contributed by atoms with Crippen LogP contribution in [0, 0.1) is 12.8 Å². The van der Waals surface area contributed by atoms with Crippen molar-refractivity contribution >= 4 is 0 Å². The fourth-order valence-electron chi connectivity index (χ4n) is 3.85. The molecule has 4 nitrogen and oxygen atoms in total. The fourth-order valence-corrected chi connectivity index (χ4v) is 3.85. The van der Waals surface area contributed by atoms with E-state index in [9.17, 15) is 0 Å². The molecule has 0 bridgehead atoms. The van der Waals surface area contributed by atoms with Gasteiger partial charge in [0.25, 0.3) is 0 Å². The highest BCUT2D eigenvalue weighted by Gasteiger charge is 2.20. The molecule has 1 aromatic heterocycles. The summed E-state index contributed by atoms with van der Waals surface area (Å²) in [7, 11) is 2.01. The Balaban J connectivity index is 1.49. The second-order valence-electron chi connectivity index (χ2n) is 8.25. The minimum atomic E-state index is 0.573. The van der Waals surface area contributed by atoms with Crippen molar-refractivity contribution in [3.8, 4) is 0 Å². The van der Waals surface area contributed by atoms with Crippen molar-refractivity contribution in [1.29, 1.82) is 0 Å². The van der Waals surface area contributed by atoms with E-state index in [1.54, 1.807) is 0 Å². The van der Waals surface area contributed by atoms with Crippen molar-refractivity contribution in [3.63, 3.8) is 0 Å². The molecule has 3 rings (SSSR count). The molecule has 0 saturated carbocycles. The maximum Gasteiger partial charge on any atom is 0.0537 e. The van der Waals surface area contributed by atoms with Gasteiger partial charge in [-0.2, -0.15) is 5.10 Å². The Hall–Kier alpha value is -1.65. The van der Waals surface area contributed by atoms with Crippen LogP contribution in [-0.4, -0.2) is 33.8 Å². The highest BCUT2D eigenvalue weighted by atomic mass is 15.3. The molecule has 1 aromatic carbocycles. The van der Waals surface area contributed by atoms with Crippen LogP contribution < -0.4 is 5.32 Å². The first-order chi connectivity index (χ1) is 12.5. The first-order valence-electron chi connectivity index (χ1n) is 10.0. The van der Waals surface area contributed by atoms with E-state index in [4.69, 9.17) is 0 Å². The van der Waals surface area contributed by atoms with Gasteiger partial charge in [0.15, 0.2) is 0 Å². The standard InChI is InChI=1S/C22H34N4/c1-17(2)12-19-7-9-20(10-8-19)15-26-11-5-6-22(16-26)23-13-21-14-24-25(4)18(21)3/h7-10,14,17,22-23H,5-6,11-13,15-16H2,1-4H3/t22-/m0/s1. The van der Waals surface area contributed by atoms with Crippen LogP contribution in [0.2, 0.25) is 0 Å². The van der Waals surface area contributed by atoms with Crippen molar-refractivity contribution in [1.82, 2.24) is 20.0 Å². The first kappa shape index (κ1) is 19.1. The highest BCUT2D eigenvalue weighted by molar-refractivity contribution is 5.23. The number of aromatic nitrogens is 2. The van der Waals surface area contributed by atoms with Crippen LogP contribution in [0.4, 0.5) is 0 Å². The Kier molecular flexibility index (Phi) is 6.49. The Morgan fingerprint density at radius 3 is 2.58 bits per heavy atom. The number of nitrogens with one attached hydrogen (secondary N) is 1. The molecule has 0 spiro atoms. The maximum atomic E-state index is 4.34. The molecule has 2 heterocycles. The van der Waals surface area contributed by atoms with E-state index in [0.717, 1.165) is 25.6 Å². The van der Waals surface area contributed by atoms with Gasteiger partial charge in [-0.3, -0.25) is 9.58 Å². The molecule has 1 aliphatic heterocycles. The van der Waals surface area contributed by atoms with Crippen LogP contribution in [0.3, 0.4) is 0 Å². The third-order valence-corrected chi connectivity index (χ3v) is 5.50. The maximum absolute atomic E-state index is 4.34. The van der Waals surface area contributed by atoms with Gasteiger partial charge in [-0.05, 0) is 49.8 Å². The zero-order valence-electron chi connectivity index (χ0n) is 16.8. The summed E-state index contributed by atoms with van der Waals surface area (Å²) in [5.41, 5.74) is 5.45. The van der Waals surface area contributed by atoms with E-state index in [2.05, 4.69) is 60.4 Å². The first-order valence-corrected chi connectivity index (χ1v) is 10.0. The molecule has 0 unspecified atom stereocenters. The average Bonchev–Trinajstić information content (AvgIpc) is 2.93. The predicted octanol–water partition coefficient (Wildman–Crippen LogP) is 3.68. The summed E-state index contributed by atoms with van der Waals surface area (Å²) in [6.07, 6.45) is 5.70. The quantitative estimate of drug-likeness (QED) is 0.823. The van der Waals surface area contributed by atoms with Crippen molar-refractivity contribution in [2.24, 2.45) is 13.0 Å². The number of hydrogen-bond donors (Lipinski definition) is 1. The molecule has 0 aliphatic carbocycles. The number of piperidine rings is 1. The molecule has 1 saturated heterocycles. The zero-order valence-corrected chi connectivity index (χ0v) is 16.8. The summed E-state index contributed by atoms with van der Waals surface area (Å²) in [4.78, 5) is 2.59. The van der Waals surface area contributed by atoms with E-state index in [1.807, 2.05) is 17.9 Å². The summed E-state index contributed by atoms with van der Waals surface area (Å²) in [5, 5.41) is 8.09. The Labute approximate surface area is 158 Å². The van der Waals surface area contributed by atoms with Crippen LogP contribution in [0.15, 0.2) is 30.5 Å². The van der Waals surface area contributed by atoms with Gasteiger partial charge in [0.05, 0.1) is 6.20 Å². The zero-order chi connectivity index (χ0) is 18.5. The predicted molar refractivity (Wildman–Crippen MR) is 108 cm³/mol. The number of benzene rings is 1. The summed E-state index contributed by atoms with van der Waals surface area (Å²) in [6, 6.07) is 9.81. The molecule has 1 fully saturated rings. The number of hydrogen-bond acceptors (Lipinski definition) is 3. The third kappa shape index (κ3) is 5.18. The number of rotatable bonds is 7. The van der Waals surface area contributed by atoms with Crippen LogP contribution >= 0.6 is 0 Å². The van der Waals surface area contributed by atoms with Crippen LogP contribution in [0.1, 0.15) is 49.1 Å². The molecule has 26 heavy (non-hydrogen) atoms. The van der Waals surface area contributed by atoms with Gasteiger partial charge in [0.1, 0.15) is 0 Å². The SMILES string of the molecule is Cc1c(CN[C@H]2CCCN(Cc3ccc(CC(C)C)cc3)C2)cnn1C. The number of nitrogens with zero attached hydrogens (tertiary/aromatic N) is 3. The molecule has 1 atom stereocenters. The van der Waals surface area contributed by atoms with Gasteiger partial charge in [-0.25, -0.2) is 0 Å². The van der Waals surface area contributed by atoms with Gasteiger partial charge in [-0.1, -0.05) is 38.1 Å². The van der Waals surface area contributed by atoms with E-state index in [0.29, 0.717) is 6.04 Å². The van der Waals surface area contributed by atoms with Crippen LogP contribution in [0.5, 0.6) is 0 Å². The summed E-state index contributed by atoms with van der Waals surface area (Å²) in [5.74, 6) is 0.721. The third-order valence-electron chi connectivity index (χ3n) is 5.50. The van der Waals surface area contributed by atoms with Crippen molar-refractivity contribution in [2.75, 3.05) is 13.1 Å².